The number of nitrogens with zero attached hydrogens (tertiary/aromatic N) is 1. The fourth-order valence-electron chi connectivity index (χ4n) is 2.69. The van der Waals surface area contributed by atoms with Crippen molar-refractivity contribution < 1.29 is 26.7 Å². The standard InChI is InChI=1S/C19H14F5N3O/c1-2-14-17(25-18(28)15-12(20)4-3-5-13(15)21)16(27-26-14)10-6-8-11(9-7-10)19(22,23)24/h3-9H,2H2,1H3,(H,25,28)(H,26,27). The molecule has 0 aliphatic rings. The van der Waals surface area contributed by atoms with Crippen LogP contribution < -0.4 is 5.32 Å². The second-order valence-electron chi connectivity index (χ2n) is 5.91. The second kappa shape index (κ2) is 7.41. The lowest BCUT2D eigenvalue weighted by molar-refractivity contribution is -0.137. The van der Waals surface area contributed by atoms with E-state index in [0.717, 1.165) is 30.3 Å². The molecule has 9 heteroatoms. The number of rotatable bonds is 4. The summed E-state index contributed by atoms with van der Waals surface area (Å²) in [6.07, 6.45) is -4.10. The molecule has 146 valence electrons. The van der Waals surface area contributed by atoms with Crippen LogP contribution in [0.4, 0.5) is 27.6 Å². The Morgan fingerprint density at radius 1 is 1.07 bits per heavy atom. The third-order valence-electron chi connectivity index (χ3n) is 4.11. The smallest absolute Gasteiger partial charge is 0.318 e. The summed E-state index contributed by atoms with van der Waals surface area (Å²) in [5.74, 6) is -3.09. The number of halogens is 5. The van der Waals surface area contributed by atoms with E-state index >= 15 is 0 Å². The van der Waals surface area contributed by atoms with E-state index in [-0.39, 0.29) is 11.4 Å². The number of aromatic nitrogens is 2. The summed E-state index contributed by atoms with van der Waals surface area (Å²) >= 11 is 0. The van der Waals surface area contributed by atoms with E-state index < -0.39 is 34.8 Å². The fraction of sp³-hybridized carbons (Fsp3) is 0.158. The highest BCUT2D eigenvalue weighted by Gasteiger charge is 2.30. The number of hydrogen-bond acceptors (Lipinski definition) is 2. The summed E-state index contributed by atoms with van der Waals surface area (Å²) in [6.45, 7) is 1.75. The van der Waals surface area contributed by atoms with Gasteiger partial charge in [-0.15, -0.1) is 0 Å². The van der Waals surface area contributed by atoms with Gasteiger partial charge in [0.05, 0.1) is 16.9 Å². The summed E-state index contributed by atoms with van der Waals surface area (Å²) in [5, 5.41) is 9.13. The largest absolute Gasteiger partial charge is 0.416 e. The van der Waals surface area contributed by atoms with Crippen molar-refractivity contribution in [2.75, 3.05) is 5.32 Å². The molecule has 0 spiro atoms. The van der Waals surface area contributed by atoms with Crippen molar-refractivity contribution in [2.45, 2.75) is 19.5 Å². The first-order valence-corrected chi connectivity index (χ1v) is 8.22. The van der Waals surface area contributed by atoms with Gasteiger partial charge in [-0.25, -0.2) is 8.78 Å². The normalized spacial score (nSPS) is 11.5. The van der Waals surface area contributed by atoms with E-state index in [9.17, 15) is 26.7 Å². The molecule has 28 heavy (non-hydrogen) atoms. The number of carbonyl (C=O) groups excluding carboxylic acids is 1. The van der Waals surface area contributed by atoms with Crippen LogP contribution in [0.3, 0.4) is 0 Å². The van der Waals surface area contributed by atoms with Gasteiger partial charge in [0.2, 0.25) is 0 Å². The number of aromatic amines is 1. The number of carbonyl (C=O) groups is 1. The van der Waals surface area contributed by atoms with Gasteiger partial charge in [0.1, 0.15) is 22.9 Å². The van der Waals surface area contributed by atoms with Crippen LogP contribution in [0.15, 0.2) is 42.5 Å². The van der Waals surface area contributed by atoms with Gasteiger partial charge in [-0.3, -0.25) is 9.89 Å². The molecule has 1 aromatic heterocycles. The van der Waals surface area contributed by atoms with E-state index in [0.29, 0.717) is 17.7 Å². The molecule has 1 heterocycles. The van der Waals surface area contributed by atoms with Crippen LogP contribution in [0.1, 0.15) is 28.5 Å². The zero-order chi connectivity index (χ0) is 20.5. The first kappa shape index (κ1) is 19.5. The number of alkyl halides is 3. The fourth-order valence-corrected chi connectivity index (χ4v) is 2.69. The van der Waals surface area contributed by atoms with Crippen molar-refractivity contribution in [3.8, 4) is 11.3 Å². The van der Waals surface area contributed by atoms with Crippen LogP contribution in [-0.4, -0.2) is 16.1 Å². The monoisotopic (exact) mass is 395 g/mol. The van der Waals surface area contributed by atoms with Gasteiger partial charge in [-0.05, 0) is 30.7 Å². The van der Waals surface area contributed by atoms with Gasteiger partial charge in [0.15, 0.2) is 0 Å². The van der Waals surface area contributed by atoms with Crippen molar-refractivity contribution in [1.82, 2.24) is 10.2 Å². The zero-order valence-corrected chi connectivity index (χ0v) is 14.5. The third kappa shape index (κ3) is 3.73. The minimum absolute atomic E-state index is 0.148. The highest BCUT2D eigenvalue weighted by atomic mass is 19.4. The molecule has 0 aliphatic carbocycles. The molecule has 2 N–H and O–H groups in total. The van der Waals surface area contributed by atoms with E-state index in [2.05, 4.69) is 15.5 Å². The van der Waals surface area contributed by atoms with E-state index in [1.54, 1.807) is 6.92 Å². The number of H-pyrrole nitrogens is 1. The van der Waals surface area contributed by atoms with Crippen LogP contribution in [0, 0.1) is 11.6 Å². The van der Waals surface area contributed by atoms with Gasteiger partial charge >= 0.3 is 6.18 Å². The molecule has 0 unspecified atom stereocenters. The van der Waals surface area contributed by atoms with Crippen molar-refractivity contribution in [2.24, 2.45) is 0 Å². The molecule has 4 nitrogen and oxygen atoms in total. The SMILES string of the molecule is CCc1[nH]nc(-c2ccc(C(F)(F)F)cc2)c1NC(=O)c1c(F)cccc1F. The Hall–Kier alpha value is -3.23. The van der Waals surface area contributed by atoms with E-state index in [1.807, 2.05) is 0 Å². The van der Waals surface area contributed by atoms with Gasteiger partial charge in [0.25, 0.3) is 5.91 Å². The van der Waals surface area contributed by atoms with Crippen LogP contribution in [0.25, 0.3) is 11.3 Å². The predicted molar refractivity (Wildman–Crippen MR) is 92.7 cm³/mol. The Balaban J connectivity index is 1.98. The van der Waals surface area contributed by atoms with Gasteiger partial charge in [0, 0.05) is 5.56 Å². The number of aryl methyl sites for hydroxylation is 1. The number of anilines is 1. The lowest BCUT2D eigenvalue weighted by Gasteiger charge is -2.10. The van der Waals surface area contributed by atoms with Crippen molar-refractivity contribution in [3.05, 3.63) is 70.9 Å². The number of benzene rings is 2. The van der Waals surface area contributed by atoms with Gasteiger partial charge < -0.3 is 5.32 Å². The summed E-state index contributed by atoms with van der Waals surface area (Å²) in [6, 6.07) is 7.21. The minimum atomic E-state index is -4.49. The second-order valence-corrected chi connectivity index (χ2v) is 5.91. The zero-order valence-electron chi connectivity index (χ0n) is 14.5. The van der Waals surface area contributed by atoms with Crippen LogP contribution in [-0.2, 0) is 12.6 Å². The van der Waals surface area contributed by atoms with Gasteiger partial charge in [-0.2, -0.15) is 18.3 Å². The van der Waals surface area contributed by atoms with Crippen LogP contribution in [0.5, 0.6) is 0 Å². The molecule has 0 saturated heterocycles. The molecule has 0 bridgehead atoms. The number of amides is 1. The van der Waals surface area contributed by atoms with Gasteiger partial charge in [-0.1, -0.05) is 25.1 Å². The third-order valence-corrected chi connectivity index (χ3v) is 4.11. The maximum Gasteiger partial charge on any atom is 0.416 e. The molecule has 0 fully saturated rings. The predicted octanol–water partition coefficient (Wildman–Crippen LogP) is 5.19. The molecule has 3 rings (SSSR count). The van der Waals surface area contributed by atoms with Crippen LogP contribution >= 0.6 is 0 Å². The molecular weight excluding hydrogens is 381 g/mol. The topological polar surface area (TPSA) is 57.8 Å². The lowest BCUT2D eigenvalue weighted by atomic mass is 10.1. The number of nitrogens with one attached hydrogen (secondary N) is 2. The average Bonchev–Trinajstić information content (AvgIpc) is 3.03. The highest BCUT2D eigenvalue weighted by molar-refractivity contribution is 6.06. The van der Waals surface area contributed by atoms with Crippen molar-refractivity contribution in [1.29, 1.82) is 0 Å². The Morgan fingerprint density at radius 2 is 1.68 bits per heavy atom. The summed E-state index contributed by atoms with van der Waals surface area (Å²) in [7, 11) is 0. The maximum atomic E-state index is 13.9. The minimum Gasteiger partial charge on any atom is -0.318 e. The Morgan fingerprint density at radius 3 is 2.21 bits per heavy atom. The molecule has 0 atom stereocenters. The van der Waals surface area contributed by atoms with Crippen molar-refractivity contribution in [3.63, 3.8) is 0 Å². The first-order chi connectivity index (χ1) is 13.2. The Kier molecular flexibility index (Phi) is 5.17. The quantitative estimate of drug-likeness (QED) is 0.598. The molecule has 1 amide bonds. The lowest BCUT2D eigenvalue weighted by Crippen LogP contribution is -2.17. The van der Waals surface area contributed by atoms with E-state index in [1.165, 1.54) is 12.1 Å². The molecule has 0 saturated carbocycles. The Labute approximate surface area is 156 Å². The van der Waals surface area contributed by atoms with Crippen molar-refractivity contribution >= 4 is 11.6 Å². The van der Waals surface area contributed by atoms with Crippen LogP contribution in [0.2, 0.25) is 0 Å². The molecular formula is C19H14F5N3O. The number of hydrogen-bond donors (Lipinski definition) is 2. The molecule has 2 aromatic carbocycles. The first-order valence-electron chi connectivity index (χ1n) is 8.22. The van der Waals surface area contributed by atoms with E-state index in [4.69, 9.17) is 0 Å². The highest BCUT2D eigenvalue weighted by Crippen LogP contribution is 2.34. The maximum absolute atomic E-state index is 13.9. The summed E-state index contributed by atoms with van der Waals surface area (Å²) < 4.78 is 66.0. The average molecular weight is 395 g/mol. The molecule has 0 radical (unpaired) electrons. The Bertz CT molecular complexity index is 989. The summed E-state index contributed by atoms with van der Waals surface area (Å²) in [5.41, 5.74) is -0.524. The summed E-state index contributed by atoms with van der Waals surface area (Å²) in [4.78, 5) is 12.4. The molecule has 3 aromatic rings. The molecule has 0 aliphatic heterocycles.